The van der Waals surface area contributed by atoms with E-state index in [1.165, 1.54) is 4.90 Å². The molecule has 0 bridgehead atoms. The summed E-state index contributed by atoms with van der Waals surface area (Å²) in [6.45, 7) is 10.6. The molecule has 3 rings (SSSR count). The zero-order valence-corrected chi connectivity index (χ0v) is 22.2. The van der Waals surface area contributed by atoms with Crippen molar-refractivity contribution in [3.8, 4) is 5.75 Å². The van der Waals surface area contributed by atoms with E-state index in [1.54, 1.807) is 44.3 Å². The number of anilines is 1. The van der Waals surface area contributed by atoms with Gasteiger partial charge in [0.15, 0.2) is 0 Å². The number of nitrogens with one attached hydrogen (secondary N) is 2. The molecule has 1 aromatic carbocycles. The molecule has 10 heteroatoms. The van der Waals surface area contributed by atoms with E-state index in [0.29, 0.717) is 53.6 Å². The highest BCUT2D eigenvalue weighted by atomic mass is 16.6. The number of carbonyl (C=O) groups is 3. The van der Waals surface area contributed by atoms with Gasteiger partial charge in [-0.15, -0.1) is 0 Å². The van der Waals surface area contributed by atoms with E-state index < -0.39 is 17.7 Å². The number of likely N-dealkylation sites (N-methyl/N-ethyl adjacent to an activating group) is 1. The van der Waals surface area contributed by atoms with E-state index in [9.17, 15) is 14.4 Å². The molecular weight excluding hydrogens is 478 g/mol. The van der Waals surface area contributed by atoms with Gasteiger partial charge in [-0.1, -0.05) is 0 Å². The summed E-state index contributed by atoms with van der Waals surface area (Å²) in [5, 5.41) is 2.83. The molecule has 0 spiro atoms. The van der Waals surface area contributed by atoms with Crippen LogP contribution in [0.4, 0.5) is 10.5 Å². The van der Waals surface area contributed by atoms with Gasteiger partial charge >= 0.3 is 12.1 Å². The molecule has 0 unspecified atom stereocenters. The average Bonchev–Trinajstić information content (AvgIpc) is 3.34. The Bertz CT molecular complexity index is 1180. The minimum Gasteiger partial charge on any atom is -0.491 e. The number of aromatic amines is 1. The molecular formula is C27H35N3O7. The Kier molecular flexibility index (Phi) is 8.99. The molecule has 0 atom stereocenters. The molecule has 1 aliphatic heterocycles. The fourth-order valence-corrected chi connectivity index (χ4v) is 3.60. The SMILES string of the molecule is CCOC(=O)c1cc(C)[nH]c1/C=C1\C(=O)Nc2ccc(OCCOCCN(C)C(=O)OC(C)(C)C)cc21. The van der Waals surface area contributed by atoms with Crippen LogP contribution < -0.4 is 10.1 Å². The van der Waals surface area contributed by atoms with Crippen LogP contribution in [-0.4, -0.2) is 73.5 Å². The second-order valence-corrected chi connectivity index (χ2v) is 9.58. The second kappa shape index (κ2) is 12.0. The van der Waals surface area contributed by atoms with Crippen LogP contribution >= 0.6 is 0 Å². The number of aromatic nitrogens is 1. The van der Waals surface area contributed by atoms with Crippen molar-refractivity contribution in [2.45, 2.75) is 40.2 Å². The Morgan fingerprint density at radius 1 is 1.11 bits per heavy atom. The van der Waals surface area contributed by atoms with Crippen LogP contribution in [-0.2, 0) is 19.0 Å². The summed E-state index contributed by atoms with van der Waals surface area (Å²) in [4.78, 5) is 41.5. The average molecular weight is 514 g/mol. The Hall–Kier alpha value is -3.79. The highest BCUT2D eigenvalue weighted by Crippen LogP contribution is 2.36. The van der Waals surface area contributed by atoms with Crippen LogP contribution in [0.3, 0.4) is 0 Å². The number of esters is 1. The number of nitrogens with zero attached hydrogens (tertiary/aromatic N) is 1. The van der Waals surface area contributed by atoms with Crippen molar-refractivity contribution < 1.29 is 33.3 Å². The molecule has 0 fully saturated rings. The summed E-state index contributed by atoms with van der Waals surface area (Å²) < 4.78 is 21.8. The number of benzene rings is 1. The summed E-state index contributed by atoms with van der Waals surface area (Å²) in [7, 11) is 1.66. The second-order valence-electron chi connectivity index (χ2n) is 9.58. The molecule has 0 saturated heterocycles. The first-order chi connectivity index (χ1) is 17.5. The Labute approximate surface area is 216 Å². The number of amides is 2. The third kappa shape index (κ3) is 7.60. The predicted octanol–water partition coefficient (Wildman–Crippen LogP) is 4.25. The summed E-state index contributed by atoms with van der Waals surface area (Å²) >= 11 is 0. The highest BCUT2D eigenvalue weighted by molar-refractivity contribution is 6.35. The fraction of sp³-hybridized carbons (Fsp3) is 0.444. The van der Waals surface area contributed by atoms with Gasteiger partial charge < -0.3 is 34.1 Å². The number of ether oxygens (including phenoxy) is 4. The highest BCUT2D eigenvalue weighted by Gasteiger charge is 2.26. The molecule has 1 aliphatic rings. The van der Waals surface area contributed by atoms with Gasteiger partial charge in [0.1, 0.15) is 18.0 Å². The van der Waals surface area contributed by atoms with Crippen molar-refractivity contribution in [3.05, 3.63) is 46.8 Å². The van der Waals surface area contributed by atoms with Crippen molar-refractivity contribution in [2.75, 3.05) is 45.3 Å². The van der Waals surface area contributed by atoms with E-state index in [1.807, 2.05) is 27.7 Å². The quantitative estimate of drug-likeness (QED) is 0.277. The summed E-state index contributed by atoms with van der Waals surface area (Å²) in [6.07, 6.45) is 1.25. The summed E-state index contributed by atoms with van der Waals surface area (Å²) in [5.74, 6) is -0.151. The fourth-order valence-electron chi connectivity index (χ4n) is 3.60. The van der Waals surface area contributed by atoms with Gasteiger partial charge in [-0.2, -0.15) is 0 Å². The first kappa shape index (κ1) is 27.8. The van der Waals surface area contributed by atoms with Gasteiger partial charge in [0.2, 0.25) is 0 Å². The number of H-pyrrole nitrogens is 1. The van der Waals surface area contributed by atoms with Gasteiger partial charge in [-0.25, -0.2) is 9.59 Å². The lowest BCUT2D eigenvalue weighted by Crippen LogP contribution is -2.36. The minimum atomic E-state index is -0.547. The molecule has 200 valence electrons. The maximum atomic E-state index is 12.7. The van der Waals surface area contributed by atoms with Crippen LogP contribution in [0.5, 0.6) is 5.75 Å². The largest absolute Gasteiger partial charge is 0.491 e. The van der Waals surface area contributed by atoms with Crippen molar-refractivity contribution in [3.63, 3.8) is 0 Å². The Morgan fingerprint density at radius 3 is 2.57 bits per heavy atom. The summed E-state index contributed by atoms with van der Waals surface area (Å²) in [6, 6.07) is 7.01. The molecule has 1 aromatic heterocycles. The predicted molar refractivity (Wildman–Crippen MR) is 140 cm³/mol. The van der Waals surface area contributed by atoms with Crippen LogP contribution in [0.15, 0.2) is 24.3 Å². The van der Waals surface area contributed by atoms with E-state index in [4.69, 9.17) is 18.9 Å². The molecule has 0 aliphatic carbocycles. The molecule has 0 saturated carbocycles. The standard InChI is InChI=1S/C27H35N3O7/c1-7-35-25(32)21-14-17(2)28-23(21)16-20-19-15-18(8-9-22(19)29-24(20)31)36-13-12-34-11-10-30(6)26(33)37-27(3,4)5/h8-9,14-16,28H,7,10-13H2,1-6H3,(H,29,31)/b20-16-. The number of hydrogen-bond acceptors (Lipinski definition) is 7. The van der Waals surface area contributed by atoms with E-state index in [0.717, 1.165) is 5.69 Å². The maximum Gasteiger partial charge on any atom is 0.410 e. The lowest BCUT2D eigenvalue weighted by molar-refractivity contribution is -0.110. The first-order valence-corrected chi connectivity index (χ1v) is 12.2. The topological polar surface area (TPSA) is 119 Å². The van der Waals surface area contributed by atoms with Crippen LogP contribution in [0.25, 0.3) is 11.6 Å². The van der Waals surface area contributed by atoms with Gasteiger partial charge in [0.25, 0.3) is 5.91 Å². The van der Waals surface area contributed by atoms with E-state index in [2.05, 4.69) is 10.3 Å². The Balaban J connectivity index is 1.58. The van der Waals surface area contributed by atoms with Gasteiger partial charge in [0, 0.05) is 30.5 Å². The van der Waals surface area contributed by atoms with Crippen LogP contribution in [0.2, 0.25) is 0 Å². The zero-order valence-electron chi connectivity index (χ0n) is 22.2. The summed E-state index contributed by atoms with van der Waals surface area (Å²) in [5.41, 5.74) is 2.85. The number of rotatable bonds is 10. The number of hydrogen-bond donors (Lipinski definition) is 2. The van der Waals surface area contributed by atoms with Crippen molar-refractivity contribution in [2.24, 2.45) is 0 Å². The first-order valence-electron chi connectivity index (χ1n) is 12.2. The van der Waals surface area contributed by atoms with E-state index in [-0.39, 0.29) is 19.1 Å². The third-order valence-electron chi connectivity index (χ3n) is 5.31. The molecule has 2 heterocycles. The zero-order chi connectivity index (χ0) is 27.2. The van der Waals surface area contributed by atoms with Crippen molar-refractivity contribution in [1.82, 2.24) is 9.88 Å². The number of carbonyl (C=O) groups excluding carboxylic acids is 3. The monoisotopic (exact) mass is 513 g/mol. The number of fused-ring (bicyclic) bond motifs is 1. The third-order valence-corrected chi connectivity index (χ3v) is 5.31. The molecule has 2 amide bonds. The molecule has 37 heavy (non-hydrogen) atoms. The molecule has 2 N–H and O–H groups in total. The lowest BCUT2D eigenvalue weighted by atomic mass is 10.0. The maximum absolute atomic E-state index is 12.7. The number of aryl methyl sites for hydroxylation is 1. The minimum absolute atomic E-state index is 0.257. The Morgan fingerprint density at radius 2 is 1.86 bits per heavy atom. The normalized spacial score (nSPS) is 13.8. The van der Waals surface area contributed by atoms with Gasteiger partial charge in [0.05, 0.1) is 36.7 Å². The molecule has 10 nitrogen and oxygen atoms in total. The van der Waals surface area contributed by atoms with Crippen LogP contribution in [0.1, 0.15) is 55.0 Å². The van der Waals surface area contributed by atoms with Crippen molar-refractivity contribution >= 4 is 35.3 Å². The molecule has 2 aromatic rings. The molecule has 0 radical (unpaired) electrons. The van der Waals surface area contributed by atoms with Crippen molar-refractivity contribution in [1.29, 1.82) is 0 Å². The van der Waals surface area contributed by atoms with E-state index >= 15 is 0 Å². The van der Waals surface area contributed by atoms with Gasteiger partial charge in [-0.3, -0.25) is 4.79 Å². The van der Waals surface area contributed by atoms with Gasteiger partial charge in [-0.05, 0) is 65.0 Å². The smallest absolute Gasteiger partial charge is 0.410 e. The lowest BCUT2D eigenvalue weighted by Gasteiger charge is -2.24. The van der Waals surface area contributed by atoms with Crippen LogP contribution in [0, 0.1) is 6.92 Å².